The van der Waals surface area contributed by atoms with Crippen LogP contribution in [0.15, 0.2) is 18.2 Å². The number of amides is 1. The van der Waals surface area contributed by atoms with Gasteiger partial charge in [0, 0.05) is 5.69 Å². The topological polar surface area (TPSA) is 41.1 Å². The molecule has 0 atom stereocenters. The van der Waals surface area contributed by atoms with Gasteiger partial charge in [-0.25, -0.2) is 0 Å². The molecule has 0 spiro atoms. The smallest absolute Gasteiger partial charge is 0.232 e. The van der Waals surface area contributed by atoms with Crippen molar-refractivity contribution in [3.05, 3.63) is 29.3 Å². The fourth-order valence-electron chi connectivity index (χ4n) is 5.78. The van der Waals surface area contributed by atoms with E-state index in [9.17, 15) is 4.79 Å². The third kappa shape index (κ3) is 2.75. The van der Waals surface area contributed by atoms with Crippen molar-refractivity contribution >= 4 is 28.9 Å². The van der Waals surface area contributed by atoms with Crippen molar-refractivity contribution in [1.29, 1.82) is 0 Å². The Morgan fingerprint density at radius 3 is 2.04 bits per heavy atom. The Labute approximate surface area is 149 Å². The number of hydrogen-bond donors (Lipinski definition) is 2. The number of rotatable bonds is 2. The maximum atomic E-state index is 13.0. The van der Waals surface area contributed by atoms with Crippen LogP contribution in [0.5, 0.6) is 0 Å². The Hall–Kier alpha value is -1.42. The molecule has 0 heterocycles. The molecule has 4 aliphatic carbocycles. The van der Waals surface area contributed by atoms with Crippen LogP contribution in [0.4, 0.5) is 5.69 Å². The van der Waals surface area contributed by atoms with Crippen molar-refractivity contribution in [3.63, 3.8) is 0 Å². The Morgan fingerprint density at radius 1 is 1.04 bits per heavy atom. The first-order valence-corrected chi connectivity index (χ1v) is 9.55. The van der Waals surface area contributed by atoms with Gasteiger partial charge in [0.05, 0.1) is 5.41 Å². The Morgan fingerprint density at radius 2 is 1.54 bits per heavy atom. The van der Waals surface area contributed by atoms with Gasteiger partial charge in [0.1, 0.15) is 0 Å². The molecule has 128 valence electrons. The summed E-state index contributed by atoms with van der Waals surface area (Å²) in [6.07, 6.45) is 7.23. The van der Waals surface area contributed by atoms with Crippen LogP contribution >= 0.6 is 12.2 Å². The van der Waals surface area contributed by atoms with Gasteiger partial charge < -0.3 is 10.6 Å². The maximum Gasteiger partial charge on any atom is 0.232 e. The summed E-state index contributed by atoms with van der Waals surface area (Å²) < 4.78 is 0. The fraction of sp³-hybridized carbons (Fsp3) is 0.600. The second kappa shape index (κ2) is 5.83. The number of benzene rings is 1. The lowest BCUT2D eigenvalue weighted by Crippen LogP contribution is -2.55. The summed E-state index contributed by atoms with van der Waals surface area (Å²) in [6.45, 7) is 4.11. The summed E-state index contributed by atoms with van der Waals surface area (Å²) in [4.78, 5) is 13.0. The minimum absolute atomic E-state index is 0.152. The molecule has 5 rings (SSSR count). The van der Waals surface area contributed by atoms with E-state index < -0.39 is 0 Å². The van der Waals surface area contributed by atoms with E-state index in [1.165, 1.54) is 19.3 Å². The summed E-state index contributed by atoms with van der Waals surface area (Å²) in [7, 11) is 0. The third-order valence-electron chi connectivity index (χ3n) is 6.47. The van der Waals surface area contributed by atoms with E-state index in [0.29, 0.717) is 5.11 Å². The second-order valence-corrected chi connectivity index (χ2v) is 8.78. The molecule has 2 N–H and O–H groups in total. The average molecular weight is 343 g/mol. The lowest BCUT2D eigenvalue weighted by atomic mass is 9.49. The van der Waals surface area contributed by atoms with Crippen molar-refractivity contribution in [1.82, 2.24) is 5.32 Å². The van der Waals surface area contributed by atoms with Crippen LogP contribution in [-0.4, -0.2) is 11.0 Å². The summed E-state index contributed by atoms with van der Waals surface area (Å²) in [5, 5.41) is 6.70. The molecule has 4 heteroatoms. The summed E-state index contributed by atoms with van der Waals surface area (Å²) in [5.41, 5.74) is 3.14. The molecule has 0 unspecified atom stereocenters. The highest BCUT2D eigenvalue weighted by Crippen LogP contribution is 2.60. The van der Waals surface area contributed by atoms with Gasteiger partial charge >= 0.3 is 0 Å². The molecule has 1 amide bonds. The molecule has 0 aromatic heterocycles. The van der Waals surface area contributed by atoms with E-state index in [-0.39, 0.29) is 11.3 Å². The molecule has 4 aliphatic rings. The van der Waals surface area contributed by atoms with Crippen molar-refractivity contribution in [2.75, 3.05) is 5.32 Å². The minimum Gasteiger partial charge on any atom is -0.332 e. The minimum atomic E-state index is -0.152. The van der Waals surface area contributed by atoms with Crippen LogP contribution in [0.2, 0.25) is 0 Å². The molecule has 0 aliphatic heterocycles. The Kier molecular flexibility index (Phi) is 3.91. The number of anilines is 1. The molecule has 3 nitrogen and oxygen atoms in total. The Balaban J connectivity index is 1.45. The van der Waals surface area contributed by atoms with E-state index in [0.717, 1.165) is 53.8 Å². The third-order valence-corrected chi connectivity index (χ3v) is 6.67. The number of nitrogens with one attached hydrogen (secondary N) is 2. The predicted octanol–water partition coefficient (Wildman–Crippen LogP) is 4.33. The van der Waals surface area contributed by atoms with Gasteiger partial charge in [0.25, 0.3) is 0 Å². The van der Waals surface area contributed by atoms with E-state index in [1.807, 2.05) is 6.07 Å². The van der Waals surface area contributed by atoms with Crippen molar-refractivity contribution < 1.29 is 4.79 Å². The zero-order valence-corrected chi connectivity index (χ0v) is 15.3. The van der Waals surface area contributed by atoms with E-state index in [1.54, 1.807) is 0 Å². The molecular formula is C20H26N2OS. The van der Waals surface area contributed by atoms with Crippen molar-refractivity contribution in [3.8, 4) is 0 Å². The van der Waals surface area contributed by atoms with E-state index >= 15 is 0 Å². The van der Waals surface area contributed by atoms with Crippen LogP contribution in [-0.2, 0) is 4.79 Å². The molecule has 1 aromatic carbocycles. The number of aryl methyl sites for hydroxylation is 2. The van der Waals surface area contributed by atoms with Crippen LogP contribution in [0.1, 0.15) is 49.7 Å². The SMILES string of the molecule is Cc1cccc(C)c1NC(=S)NC(=O)C12CC3CC(CC(C3)C1)C2. The summed E-state index contributed by atoms with van der Waals surface area (Å²) >= 11 is 5.44. The van der Waals surface area contributed by atoms with Crippen LogP contribution in [0, 0.1) is 37.0 Å². The highest BCUT2D eigenvalue weighted by Gasteiger charge is 2.54. The number of carbonyl (C=O) groups excluding carboxylic acids is 1. The lowest BCUT2D eigenvalue weighted by Gasteiger charge is -2.55. The largest absolute Gasteiger partial charge is 0.332 e. The number of para-hydroxylation sites is 1. The standard InChI is InChI=1S/C20H26N2OS/c1-12-4-3-5-13(2)17(12)21-19(24)22-18(23)20-9-14-6-15(10-20)8-16(7-14)11-20/h3-5,14-16H,6-11H2,1-2H3,(H2,21,22,23,24). The molecule has 1 aromatic rings. The second-order valence-electron chi connectivity index (χ2n) is 8.37. The molecule has 0 radical (unpaired) electrons. The lowest BCUT2D eigenvalue weighted by molar-refractivity contribution is -0.144. The number of hydrogen-bond acceptors (Lipinski definition) is 2. The first kappa shape index (κ1) is 16.1. The Bertz CT molecular complexity index is 641. The molecule has 0 saturated heterocycles. The van der Waals surface area contributed by atoms with Crippen LogP contribution in [0.3, 0.4) is 0 Å². The number of thiocarbonyl (C=S) groups is 1. The summed E-state index contributed by atoms with van der Waals surface area (Å²) in [6, 6.07) is 6.14. The first-order chi connectivity index (χ1) is 11.4. The summed E-state index contributed by atoms with van der Waals surface area (Å²) in [5.74, 6) is 2.46. The van der Waals surface area contributed by atoms with Gasteiger partial charge in [-0.15, -0.1) is 0 Å². The molecule has 4 saturated carbocycles. The van der Waals surface area contributed by atoms with Gasteiger partial charge in [0.15, 0.2) is 5.11 Å². The highest BCUT2D eigenvalue weighted by atomic mass is 32.1. The van der Waals surface area contributed by atoms with Crippen LogP contribution < -0.4 is 10.6 Å². The first-order valence-electron chi connectivity index (χ1n) is 9.14. The predicted molar refractivity (Wildman–Crippen MR) is 101 cm³/mol. The normalized spacial score (nSPS) is 33.3. The van der Waals surface area contributed by atoms with Crippen LogP contribution in [0.25, 0.3) is 0 Å². The highest BCUT2D eigenvalue weighted by molar-refractivity contribution is 7.80. The van der Waals surface area contributed by atoms with Gasteiger partial charge in [0.2, 0.25) is 5.91 Å². The molecular weight excluding hydrogens is 316 g/mol. The monoisotopic (exact) mass is 342 g/mol. The molecule has 24 heavy (non-hydrogen) atoms. The van der Waals surface area contributed by atoms with Gasteiger partial charge in [-0.1, -0.05) is 18.2 Å². The van der Waals surface area contributed by atoms with Gasteiger partial charge in [-0.3, -0.25) is 4.79 Å². The quantitative estimate of drug-likeness (QED) is 0.786. The van der Waals surface area contributed by atoms with Crippen molar-refractivity contribution in [2.24, 2.45) is 23.2 Å². The van der Waals surface area contributed by atoms with Gasteiger partial charge in [-0.05, 0) is 93.5 Å². The zero-order valence-electron chi connectivity index (χ0n) is 14.5. The molecule has 4 bridgehead atoms. The van der Waals surface area contributed by atoms with E-state index in [2.05, 4.69) is 36.6 Å². The fourth-order valence-corrected chi connectivity index (χ4v) is 5.98. The maximum absolute atomic E-state index is 13.0. The zero-order chi connectivity index (χ0) is 16.9. The molecule has 4 fully saturated rings. The van der Waals surface area contributed by atoms with Crippen molar-refractivity contribution in [2.45, 2.75) is 52.4 Å². The average Bonchev–Trinajstić information content (AvgIpc) is 2.49. The van der Waals surface area contributed by atoms with Gasteiger partial charge in [-0.2, -0.15) is 0 Å². The number of carbonyl (C=O) groups is 1. The van der Waals surface area contributed by atoms with E-state index in [4.69, 9.17) is 12.2 Å².